The Morgan fingerprint density at radius 2 is 1.75 bits per heavy atom. The fourth-order valence-electron chi connectivity index (χ4n) is 4.88. The van der Waals surface area contributed by atoms with Crippen LogP contribution < -0.4 is 4.87 Å². The van der Waals surface area contributed by atoms with Gasteiger partial charge in [-0.2, -0.15) is 4.31 Å². The topological polar surface area (TPSA) is 98.2 Å². The monoisotopic (exact) mass is 481 g/mol. The number of sulfonamides is 1. The average molecular weight is 482 g/mol. The number of piperidine rings is 2. The first-order valence-electron chi connectivity index (χ1n) is 11.0. The molecule has 0 atom stereocenters. The number of hydrogen-bond donors (Lipinski definition) is 0. The molecule has 0 radical (unpaired) electrons. The van der Waals surface area contributed by atoms with Gasteiger partial charge in [0.25, 0.3) is 0 Å². The van der Waals surface area contributed by atoms with E-state index in [-0.39, 0.29) is 21.6 Å². The third kappa shape index (κ3) is 3.79. The van der Waals surface area contributed by atoms with Gasteiger partial charge in [-0.1, -0.05) is 11.3 Å². The first-order chi connectivity index (χ1) is 15.3. The molecule has 0 aliphatic carbocycles. The highest BCUT2D eigenvalue weighted by Crippen LogP contribution is 2.33. The zero-order chi connectivity index (χ0) is 22.5. The lowest BCUT2D eigenvalue weighted by molar-refractivity contribution is -0.188. The summed E-state index contributed by atoms with van der Waals surface area (Å²) in [4.78, 5) is 26.8. The van der Waals surface area contributed by atoms with Crippen molar-refractivity contribution in [2.45, 2.75) is 36.4 Å². The van der Waals surface area contributed by atoms with Gasteiger partial charge in [-0.3, -0.25) is 9.59 Å². The molecule has 5 rings (SSSR count). The van der Waals surface area contributed by atoms with Gasteiger partial charge in [-0.25, -0.2) is 8.42 Å². The fraction of sp³-hybridized carbons (Fsp3) is 0.619. The van der Waals surface area contributed by atoms with Gasteiger partial charge >= 0.3 is 4.87 Å². The molecule has 3 saturated heterocycles. The van der Waals surface area contributed by atoms with Crippen molar-refractivity contribution in [1.82, 2.24) is 13.8 Å². The van der Waals surface area contributed by atoms with E-state index in [0.29, 0.717) is 69.8 Å². The molecule has 3 aliphatic heterocycles. The van der Waals surface area contributed by atoms with Gasteiger partial charge in [0, 0.05) is 52.0 Å². The number of aryl methyl sites for hydroxylation is 1. The summed E-state index contributed by atoms with van der Waals surface area (Å²) in [5.74, 6) is -0.574. The highest BCUT2D eigenvalue weighted by molar-refractivity contribution is 7.89. The van der Waals surface area contributed by atoms with Crippen molar-refractivity contribution in [2.24, 2.45) is 13.0 Å². The van der Waals surface area contributed by atoms with Crippen LogP contribution >= 0.6 is 11.3 Å². The molecule has 0 unspecified atom stereocenters. The van der Waals surface area contributed by atoms with Crippen LogP contribution in [0.3, 0.4) is 0 Å². The van der Waals surface area contributed by atoms with Crippen LogP contribution in [0.2, 0.25) is 0 Å². The number of ether oxygens (including phenoxy) is 2. The van der Waals surface area contributed by atoms with Crippen LogP contribution in [0, 0.1) is 5.92 Å². The molecule has 3 aliphatic rings. The van der Waals surface area contributed by atoms with E-state index in [2.05, 4.69) is 0 Å². The summed E-state index contributed by atoms with van der Waals surface area (Å²) < 4.78 is 41.4. The molecule has 3 fully saturated rings. The average Bonchev–Trinajstić information content (AvgIpc) is 3.37. The number of carbonyl (C=O) groups is 1. The number of carbonyl (C=O) groups excluding carboxylic acids is 1. The van der Waals surface area contributed by atoms with Crippen molar-refractivity contribution < 1.29 is 22.7 Å². The summed E-state index contributed by atoms with van der Waals surface area (Å²) in [7, 11) is -2.00. The minimum absolute atomic E-state index is 0.102. The molecule has 4 heterocycles. The molecule has 0 N–H and O–H groups in total. The molecular formula is C21H27N3O6S2. The Morgan fingerprint density at radius 1 is 1.09 bits per heavy atom. The lowest BCUT2D eigenvalue weighted by Gasteiger charge is -2.40. The van der Waals surface area contributed by atoms with Crippen molar-refractivity contribution >= 4 is 37.5 Å². The Morgan fingerprint density at radius 3 is 2.41 bits per heavy atom. The summed E-state index contributed by atoms with van der Waals surface area (Å²) in [5, 5.41) is 0. The summed E-state index contributed by atoms with van der Waals surface area (Å²) >= 11 is 1.04. The summed E-state index contributed by atoms with van der Waals surface area (Å²) in [6, 6.07) is 4.81. The van der Waals surface area contributed by atoms with E-state index >= 15 is 0 Å². The Hall–Kier alpha value is -1.79. The van der Waals surface area contributed by atoms with Crippen LogP contribution in [0.1, 0.15) is 25.7 Å². The SMILES string of the molecule is Cn1c(=O)sc2cc(S(=O)(=O)N3CCC(C(=O)N4CCC5(CC4)OCCO5)CC3)ccc21. The highest BCUT2D eigenvalue weighted by atomic mass is 32.2. The predicted molar refractivity (Wildman–Crippen MR) is 119 cm³/mol. The fourth-order valence-corrected chi connectivity index (χ4v) is 7.37. The van der Waals surface area contributed by atoms with E-state index in [0.717, 1.165) is 16.9 Å². The third-order valence-electron chi connectivity index (χ3n) is 6.86. The normalized spacial score (nSPS) is 22.7. The Kier molecular flexibility index (Phi) is 5.65. The molecule has 11 heteroatoms. The molecule has 0 bridgehead atoms. The van der Waals surface area contributed by atoms with E-state index < -0.39 is 15.8 Å². The molecular weight excluding hydrogens is 454 g/mol. The zero-order valence-electron chi connectivity index (χ0n) is 18.0. The maximum Gasteiger partial charge on any atom is 0.307 e. The molecule has 32 heavy (non-hydrogen) atoms. The minimum Gasteiger partial charge on any atom is -0.347 e. The summed E-state index contributed by atoms with van der Waals surface area (Å²) in [5.41, 5.74) is 0.722. The summed E-state index contributed by atoms with van der Waals surface area (Å²) in [6.07, 6.45) is 2.38. The molecule has 1 amide bonds. The largest absolute Gasteiger partial charge is 0.347 e. The number of nitrogens with zero attached hydrogens (tertiary/aromatic N) is 3. The number of thiazole rings is 1. The van der Waals surface area contributed by atoms with Crippen LogP contribution in [-0.4, -0.2) is 73.3 Å². The summed E-state index contributed by atoms with van der Waals surface area (Å²) in [6.45, 7) is 3.06. The van der Waals surface area contributed by atoms with Crippen molar-refractivity contribution in [3.05, 3.63) is 27.9 Å². The lowest BCUT2D eigenvalue weighted by atomic mass is 9.94. The van der Waals surface area contributed by atoms with E-state index in [1.165, 1.54) is 8.87 Å². The zero-order valence-corrected chi connectivity index (χ0v) is 19.6. The van der Waals surface area contributed by atoms with Gasteiger partial charge in [-0.05, 0) is 31.0 Å². The van der Waals surface area contributed by atoms with Gasteiger partial charge < -0.3 is 18.9 Å². The van der Waals surface area contributed by atoms with E-state index in [4.69, 9.17) is 9.47 Å². The Bertz CT molecular complexity index is 1180. The van der Waals surface area contributed by atoms with E-state index in [1.807, 2.05) is 4.90 Å². The lowest BCUT2D eigenvalue weighted by Crippen LogP contribution is -2.50. The smallest absolute Gasteiger partial charge is 0.307 e. The third-order valence-corrected chi connectivity index (χ3v) is 9.75. The highest BCUT2D eigenvalue weighted by Gasteiger charge is 2.42. The maximum absolute atomic E-state index is 13.2. The molecule has 1 aromatic heterocycles. The van der Waals surface area contributed by atoms with Crippen LogP contribution in [0.15, 0.2) is 27.9 Å². The standard InChI is InChI=1S/C21H27N3O6S2/c1-22-17-3-2-16(14-18(17)31-20(22)26)32(27,28)24-8-4-15(5-9-24)19(25)23-10-6-21(7-11-23)29-12-13-30-21/h2-3,14-15H,4-13H2,1H3. The Labute approximate surface area is 190 Å². The molecule has 9 nitrogen and oxygen atoms in total. The second-order valence-electron chi connectivity index (χ2n) is 8.67. The van der Waals surface area contributed by atoms with Crippen LogP contribution in [-0.2, 0) is 31.3 Å². The molecule has 1 aromatic carbocycles. The molecule has 1 spiro atoms. The van der Waals surface area contributed by atoms with Gasteiger partial charge in [0.1, 0.15) is 0 Å². The van der Waals surface area contributed by atoms with Crippen molar-refractivity contribution in [2.75, 3.05) is 39.4 Å². The second kappa shape index (κ2) is 8.21. The number of likely N-dealkylation sites (tertiary alicyclic amines) is 1. The van der Waals surface area contributed by atoms with Crippen LogP contribution in [0.25, 0.3) is 10.2 Å². The maximum atomic E-state index is 13.2. The van der Waals surface area contributed by atoms with Crippen molar-refractivity contribution in [1.29, 1.82) is 0 Å². The molecule has 174 valence electrons. The van der Waals surface area contributed by atoms with Gasteiger partial charge in [0.2, 0.25) is 15.9 Å². The number of amides is 1. The van der Waals surface area contributed by atoms with Crippen LogP contribution in [0.4, 0.5) is 0 Å². The van der Waals surface area contributed by atoms with E-state index in [1.54, 1.807) is 25.2 Å². The van der Waals surface area contributed by atoms with Gasteiger partial charge in [-0.15, -0.1) is 0 Å². The first-order valence-corrected chi connectivity index (χ1v) is 13.2. The first kappa shape index (κ1) is 22.0. The van der Waals surface area contributed by atoms with Crippen molar-refractivity contribution in [3.8, 4) is 0 Å². The quantitative estimate of drug-likeness (QED) is 0.657. The number of rotatable bonds is 3. The van der Waals surface area contributed by atoms with Gasteiger partial charge in [0.05, 0.1) is 28.3 Å². The second-order valence-corrected chi connectivity index (χ2v) is 11.6. The number of benzene rings is 1. The number of fused-ring (bicyclic) bond motifs is 1. The molecule has 0 saturated carbocycles. The predicted octanol–water partition coefficient (Wildman–Crippen LogP) is 1.37. The van der Waals surface area contributed by atoms with Gasteiger partial charge in [0.15, 0.2) is 5.79 Å². The van der Waals surface area contributed by atoms with E-state index in [9.17, 15) is 18.0 Å². The number of aromatic nitrogens is 1. The van der Waals surface area contributed by atoms with Crippen LogP contribution in [0.5, 0.6) is 0 Å². The molecule has 2 aromatic rings. The minimum atomic E-state index is -3.68. The van der Waals surface area contributed by atoms with Crippen molar-refractivity contribution in [3.63, 3.8) is 0 Å². The number of hydrogen-bond acceptors (Lipinski definition) is 7. The Balaban J connectivity index is 1.22.